The third kappa shape index (κ3) is 5.06. The van der Waals surface area contributed by atoms with E-state index in [1.807, 2.05) is 24.3 Å². The van der Waals surface area contributed by atoms with Gasteiger partial charge >= 0.3 is 0 Å². The van der Waals surface area contributed by atoms with Crippen LogP contribution in [0.5, 0.6) is 11.5 Å². The van der Waals surface area contributed by atoms with E-state index in [0.717, 1.165) is 10.1 Å². The summed E-state index contributed by atoms with van der Waals surface area (Å²) in [6.45, 7) is 0.353. The molecule has 0 unspecified atom stereocenters. The molecule has 0 saturated heterocycles. The monoisotopic (exact) mass is 340 g/mol. The van der Waals surface area contributed by atoms with Crippen molar-refractivity contribution < 1.29 is 18.9 Å². The van der Waals surface area contributed by atoms with Gasteiger partial charge in [-0.3, -0.25) is 0 Å². The van der Waals surface area contributed by atoms with Crippen LogP contribution in [0.15, 0.2) is 46.7 Å². The lowest BCUT2D eigenvalue weighted by molar-refractivity contribution is 0.0484. The molecule has 118 valence electrons. The Hall–Kier alpha value is -1.48. The van der Waals surface area contributed by atoms with Gasteiger partial charge in [0.15, 0.2) is 25.1 Å². The Bertz CT molecular complexity index is 535. The third-order valence-corrected chi connectivity index (χ3v) is 4.55. The minimum atomic E-state index is 0.176. The molecule has 0 bridgehead atoms. The highest BCUT2D eigenvalue weighted by Gasteiger charge is 2.11. The maximum Gasteiger partial charge on any atom is 0.188 e. The van der Waals surface area contributed by atoms with Crippen molar-refractivity contribution in [3.8, 4) is 11.5 Å². The Morgan fingerprint density at radius 1 is 0.818 bits per heavy atom. The predicted molar refractivity (Wildman–Crippen MR) is 85.2 cm³/mol. The molecule has 8 heteroatoms. The molecule has 2 heterocycles. The van der Waals surface area contributed by atoms with Gasteiger partial charge in [-0.25, -0.2) is 9.97 Å². The molecule has 0 amide bonds. The molecule has 0 radical (unpaired) electrons. The van der Waals surface area contributed by atoms with Crippen molar-refractivity contribution in [3.05, 3.63) is 36.7 Å². The first kappa shape index (κ1) is 16.9. The Labute approximate surface area is 136 Å². The molecule has 0 aromatic carbocycles. The van der Waals surface area contributed by atoms with E-state index in [9.17, 15) is 0 Å². The van der Waals surface area contributed by atoms with Gasteiger partial charge in [-0.15, -0.1) is 0 Å². The number of aromatic nitrogens is 2. The second-order valence-electron chi connectivity index (χ2n) is 3.88. The van der Waals surface area contributed by atoms with Gasteiger partial charge in [0.25, 0.3) is 0 Å². The second-order valence-corrected chi connectivity index (χ2v) is 5.99. The first-order valence-corrected chi connectivity index (χ1v) is 8.48. The fraction of sp³-hybridized carbons (Fsp3) is 0.286. The van der Waals surface area contributed by atoms with Gasteiger partial charge in [-0.05, 0) is 45.9 Å². The van der Waals surface area contributed by atoms with Gasteiger partial charge < -0.3 is 18.9 Å². The summed E-state index contributed by atoms with van der Waals surface area (Å²) >= 11 is 0. The minimum absolute atomic E-state index is 0.176. The molecule has 0 fully saturated rings. The average Bonchev–Trinajstić information content (AvgIpc) is 2.57. The third-order valence-electron chi connectivity index (χ3n) is 2.34. The van der Waals surface area contributed by atoms with Crippen LogP contribution < -0.4 is 9.47 Å². The molecule has 2 rings (SSSR count). The van der Waals surface area contributed by atoms with E-state index in [1.54, 1.807) is 26.6 Å². The van der Waals surface area contributed by atoms with Crippen LogP contribution in [0.2, 0.25) is 0 Å². The van der Waals surface area contributed by atoms with Crippen LogP contribution in [0, 0.1) is 0 Å². The Kier molecular flexibility index (Phi) is 7.31. The zero-order valence-electron chi connectivity index (χ0n) is 12.2. The smallest absolute Gasteiger partial charge is 0.188 e. The molecule has 0 aliphatic rings. The largest absolute Gasteiger partial charge is 0.465 e. The first-order valence-electron chi connectivity index (χ1n) is 6.33. The zero-order chi connectivity index (χ0) is 15.6. The lowest BCUT2D eigenvalue weighted by Gasteiger charge is -2.10. The highest BCUT2D eigenvalue weighted by atomic mass is 33.1. The molecule has 2 aromatic rings. The summed E-state index contributed by atoms with van der Waals surface area (Å²) in [6.07, 6.45) is 3.42. The van der Waals surface area contributed by atoms with Crippen LogP contribution in [-0.2, 0) is 9.47 Å². The highest BCUT2D eigenvalue weighted by molar-refractivity contribution is 8.76. The summed E-state index contributed by atoms with van der Waals surface area (Å²) in [5.41, 5.74) is 0. The van der Waals surface area contributed by atoms with E-state index in [2.05, 4.69) is 9.97 Å². The summed E-state index contributed by atoms with van der Waals surface area (Å²) in [7, 11) is 6.03. The molecular weight excluding hydrogens is 324 g/mol. The van der Waals surface area contributed by atoms with E-state index in [0.29, 0.717) is 11.5 Å². The lowest BCUT2D eigenvalue weighted by Crippen LogP contribution is -2.01. The van der Waals surface area contributed by atoms with Crippen molar-refractivity contribution in [3.63, 3.8) is 0 Å². The zero-order valence-corrected chi connectivity index (χ0v) is 13.9. The summed E-state index contributed by atoms with van der Waals surface area (Å²) in [5, 5.41) is 1.49. The second kappa shape index (κ2) is 9.52. The highest BCUT2D eigenvalue weighted by Crippen LogP contribution is 2.42. The van der Waals surface area contributed by atoms with Crippen molar-refractivity contribution in [2.45, 2.75) is 10.1 Å². The SMILES string of the molecule is COCOc1cccnc1SSc1ncccc1OCOC. The Morgan fingerprint density at radius 2 is 1.27 bits per heavy atom. The van der Waals surface area contributed by atoms with E-state index in [-0.39, 0.29) is 13.6 Å². The van der Waals surface area contributed by atoms with Crippen molar-refractivity contribution in [1.29, 1.82) is 0 Å². The average molecular weight is 340 g/mol. The van der Waals surface area contributed by atoms with Crippen molar-refractivity contribution >= 4 is 21.6 Å². The summed E-state index contributed by atoms with van der Waals surface area (Å²) in [4.78, 5) is 8.61. The Morgan fingerprint density at radius 3 is 1.68 bits per heavy atom. The fourth-order valence-electron chi connectivity index (χ4n) is 1.42. The molecular formula is C14H16N2O4S2. The van der Waals surface area contributed by atoms with Crippen molar-refractivity contribution in [2.75, 3.05) is 27.8 Å². The molecule has 0 saturated carbocycles. The summed E-state index contributed by atoms with van der Waals surface area (Å²) in [5.74, 6) is 1.33. The first-order chi connectivity index (χ1) is 10.8. The number of hydrogen-bond donors (Lipinski definition) is 0. The molecule has 0 N–H and O–H groups in total. The maximum absolute atomic E-state index is 5.48. The van der Waals surface area contributed by atoms with Gasteiger partial charge in [-0.2, -0.15) is 0 Å². The summed E-state index contributed by atoms with van der Waals surface area (Å²) < 4.78 is 20.8. The molecule has 0 atom stereocenters. The lowest BCUT2D eigenvalue weighted by atomic mass is 10.5. The molecule has 6 nitrogen and oxygen atoms in total. The van der Waals surface area contributed by atoms with E-state index >= 15 is 0 Å². The van der Waals surface area contributed by atoms with Gasteiger partial charge in [-0.1, -0.05) is 0 Å². The number of hydrogen-bond acceptors (Lipinski definition) is 8. The number of pyridine rings is 2. The van der Waals surface area contributed by atoms with Crippen LogP contribution in [0.4, 0.5) is 0 Å². The van der Waals surface area contributed by atoms with Crippen LogP contribution in [-0.4, -0.2) is 37.8 Å². The van der Waals surface area contributed by atoms with E-state index in [1.165, 1.54) is 21.6 Å². The molecule has 2 aromatic heterocycles. The number of methoxy groups -OCH3 is 2. The number of rotatable bonds is 9. The Balaban J connectivity index is 2.04. The molecule has 22 heavy (non-hydrogen) atoms. The molecule has 0 aliphatic carbocycles. The van der Waals surface area contributed by atoms with Crippen LogP contribution in [0.3, 0.4) is 0 Å². The quantitative estimate of drug-likeness (QED) is 0.509. The topological polar surface area (TPSA) is 62.7 Å². The number of ether oxygens (including phenoxy) is 4. The molecule has 0 aliphatic heterocycles. The fourth-order valence-corrected chi connectivity index (χ4v) is 3.43. The van der Waals surface area contributed by atoms with Crippen LogP contribution in [0.1, 0.15) is 0 Å². The maximum atomic E-state index is 5.48. The normalized spacial score (nSPS) is 10.5. The van der Waals surface area contributed by atoms with Crippen molar-refractivity contribution in [1.82, 2.24) is 9.97 Å². The standard InChI is InChI=1S/C14H16N2O4S2/c1-17-9-19-11-5-3-7-15-13(11)21-22-14-12(20-10-18-2)6-4-8-16-14/h3-8H,9-10H2,1-2H3. The van der Waals surface area contributed by atoms with Gasteiger partial charge in [0.05, 0.1) is 0 Å². The van der Waals surface area contributed by atoms with E-state index < -0.39 is 0 Å². The van der Waals surface area contributed by atoms with Crippen LogP contribution in [0.25, 0.3) is 0 Å². The van der Waals surface area contributed by atoms with Gasteiger partial charge in [0, 0.05) is 26.6 Å². The molecule has 0 spiro atoms. The van der Waals surface area contributed by atoms with Gasteiger partial charge in [0.1, 0.15) is 10.1 Å². The summed E-state index contributed by atoms with van der Waals surface area (Å²) in [6, 6.07) is 7.31. The van der Waals surface area contributed by atoms with Crippen LogP contribution >= 0.6 is 21.6 Å². The number of nitrogens with zero attached hydrogens (tertiary/aromatic N) is 2. The van der Waals surface area contributed by atoms with Gasteiger partial charge in [0.2, 0.25) is 0 Å². The minimum Gasteiger partial charge on any atom is -0.465 e. The van der Waals surface area contributed by atoms with Crippen molar-refractivity contribution in [2.24, 2.45) is 0 Å². The predicted octanol–water partition coefficient (Wildman–Crippen LogP) is 3.24. The van der Waals surface area contributed by atoms with E-state index in [4.69, 9.17) is 18.9 Å².